The summed E-state index contributed by atoms with van der Waals surface area (Å²) in [7, 11) is 4.96. The predicted octanol–water partition coefficient (Wildman–Crippen LogP) is 6.94. The molecule has 3 aromatic carbocycles. The number of anilines is 1. The zero-order chi connectivity index (χ0) is 33.2. The molecule has 2 amide bonds. The molecule has 0 atom stereocenters. The Morgan fingerprint density at radius 1 is 0.913 bits per heavy atom. The second kappa shape index (κ2) is 13.1. The molecule has 4 aromatic rings. The smallest absolute Gasteiger partial charge is 0.410 e. The van der Waals surface area contributed by atoms with Crippen LogP contribution < -0.4 is 9.64 Å². The molecule has 9 nitrogen and oxygen atoms in total. The maximum atomic E-state index is 13.8. The summed E-state index contributed by atoms with van der Waals surface area (Å²) in [6.45, 7) is 8.67. The number of methoxy groups -OCH3 is 1. The van der Waals surface area contributed by atoms with Crippen LogP contribution in [0.1, 0.15) is 63.9 Å². The summed E-state index contributed by atoms with van der Waals surface area (Å²) in [5, 5.41) is 0. The average molecular weight is 624 g/mol. The first-order valence-electron chi connectivity index (χ1n) is 15.3. The van der Waals surface area contributed by atoms with E-state index in [9.17, 15) is 14.4 Å². The Kier molecular flexibility index (Phi) is 9.23. The van der Waals surface area contributed by atoms with E-state index in [1.54, 1.807) is 22.9 Å². The van der Waals surface area contributed by atoms with Crippen molar-refractivity contribution in [3.05, 3.63) is 106 Å². The molecule has 0 spiro atoms. The highest BCUT2D eigenvalue weighted by Crippen LogP contribution is 2.34. The summed E-state index contributed by atoms with van der Waals surface area (Å²) in [5.41, 5.74) is 6.12. The normalized spacial score (nSPS) is 12.7. The lowest BCUT2D eigenvalue weighted by molar-refractivity contribution is 0.0224. The highest BCUT2D eigenvalue weighted by molar-refractivity contribution is 6.08. The van der Waals surface area contributed by atoms with Crippen LogP contribution in [0.15, 0.2) is 72.8 Å². The van der Waals surface area contributed by atoms with Crippen LogP contribution in [-0.4, -0.2) is 53.7 Å². The van der Waals surface area contributed by atoms with Crippen molar-refractivity contribution in [3.63, 3.8) is 0 Å². The summed E-state index contributed by atoms with van der Waals surface area (Å²) < 4.78 is 18.6. The number of nitrogens with zero attached hydrogens (tertiary/aromatic N) is 3. The third kappa shape index (κ3) is 6.93. The van der Waals surface area contributed by atoms with Crippen molar-refractivity contribution in [2.75, 3.05) is 25.6 Å². The maximum Gasteiger partial charge on any atom is 0.410 e. The van der Waals surface area contributed by atoms with Crippen molar-refractivity contribution < 1.29 is 28.6 Å². The Bertz CT molecular complexity index is 1750. The quantitative estimate of drug-likeness (QED) is 0.207. The van der Waals surface area contributed by atoms with Crippen LogP contribution >= 0.6 is 0 Å². The largest absolute Gasteiger partial charge is 0.489 e. The Morgan fingerprint density at radius 2 is 1.61 bits per heavy atom. The van der Waals surface area contributed by atoms with Gasteiger partial charge in [0.15, 0.2) is 0 Å². The lowest BCUT2D eigenvalue weighted by atomic mass is 9.92. The fourth-order valence-corrected chi connectivity index (χ4v) is 5.56. The van der Waals surface area contributed by atoms with Gasteiger partial charge in [0.2, 0.25) is 0 Å². The van der Waals surface area contributed by atoms with E-state index in [1.165, 1.54) is 7.11 Å². The second-order valence-electron chi connectivity index (χ2n) is 12.5. The van der Waals surface area contributed by atoms with Crippen molar-refractivity contribution in [2.45, 2.75) is 52.9 Å². The molecular weight excluding hydrogens is 582 g/mol. The van der Waals surface area contributed by atoms with Crippen molar-refractivity contribution >= 4 is 23.7 Å². The number of benzene rings is 3. The van der Waals surface area contributed by atoms with Gasteiger partial charge in [-0.1, -0.05) is 30.3 Å². The van der Waals surface area contributed by atoms with Crippen LogP contribution in [0.3, 0.4) is 0 Å². The third-order valence-corrected chi connectivity index (χ3v) is 8.23. The maximum absolute atomic E-state index is 13.8. The van der Waals surface area contributed by atoms with Crippen molar-refractivity contribution in [2.24, 2.45) is 7.05 Å². The number of hydrogen-bond donors (Lipinski definition) is 0. The molecule has 1 aliphatic heterocycles. The molecule has 0 saturated heterocycles. The van der Waals surface area contributed by atoms with Gasteiger partial charge in [0.1, 0.15) is 18.0 Å². The van der Waals surface area contributed by atoms with Gasteiger partial charge in [-0.15, -0.1) is 0 Å². The molecule has 0 bridgehead atoms. The van der Waals surface area contributed by atoms with E-state index < -0.39 is 11.6 Å². The molecule has 1 aliphatic rings. The van der Waals surface area contributed by atoms with Crippen LogP contribution in [-0.2, 0) is 36.1 Å². The molecular formula is C37H41N3O6. The highest BCUT2D eigenvalue weighted by Gasteiger charge is 2.29. The predicted molar refractivity (Wildman–Crippen MR) is 177 cm³/mol. The van der Waals surface area contributed by atoms with Gasteiger partial charge in [-0.3, -0.25) is 4.79 Å². The molecule has 2 heterocycles. The fourth-order valence-electron chi connectivity index (χ4n) is 5.56. The number of ether oxygens (including phenoxy) is 3. The van der Waals surface area contributed by atoms with Gasteiger partial charge >= 0.3 is 12.1 Å². The lowest BCUT2D eigenvalue weighted by Crippen LogP contribution is -2.40. The first-order valence-corrected chi connectivity index (χ1v) is 15.3. The summed E-state index contributed by atoms with van der Waals surface area (Å²) in [5.74, 6) is 0.0390. The first-order chi connectivity index (χ1) is 21.9. The number of rotatable bonds is 7. The van der Waals surface area contributed by atoms with Gasteiger partial charge in [-0.2, -0.15) is 0 Å². The summed E-state index contributed by atoms with van der Waals surface area (Å²) >= 11 is 0. The average Bonchev–Trinajstić information content (AvgIpc) is 3.34. The van der Waals surface area contributed by atoms with E-state index >= 15 is 0 Å². The Morgan fingerprint density at radius 3 is 2.26 bits per heavy atom. The van der Waals surface area contributed by atoms with Crippen LogP contribution in [0.2, 0.25) is 0 Å². The molecule has 0 fully saturated rings. The van der Waals surface area contributed by atoms with Gasteiger partial charge in [-0.25, -0.2) is 9.59 Å². The first kappa shape index (κ1) is 32.3. The third-order valence-electron chi connectivity index (χ3n) is 8.23. The monoisotopic (exact) mass is 623 g/mol. The summed E-state index contributed by atoms with van der Waals surface area (Å²) in [6.07, 6.45) is 0.216. The van der Waals surface area contributed by atoms with Crippen LogP contribution in [0, 0.1) is 6.92 Å². The number of carbonyl (C=O) groups excluding carboxylic acids is 3. The summed E-state index contributed by atoms with van der Waals surface area (Å²) in [6, 6.07) is 23.0. The molecule has 9 heteroatoms. The number of hydrogen-bond acceptors (Lipinski definition) is 6. The molecule has 0 saturated carbocycles. The minimum Gasteiger partial charge on any atom is -0.489 e. The number of carbonyl (C=O) groups is 3. The minimum absolute atomic E-state index is 0.178. The molecule has 240 valence electrons. The van der Waals surface area contributed by atoms with Gasteiger partial charge in [0, 0.05) is 49.8 Å². The molecule has 46 heavy (non-hydrogen) atoms. The van der Waals surface area contributed by atoms with Crippen LogP contribution in [0.25, 0.3) is 11.3 Å². The summed E-state index contributed by atoms with van der Waals surface area (Å²) in [4.78, 5) is 42.9. The number of fused-ring (bicyclic) bond motifs is 1. The molecule has 0 N–H and O–H groups in total. The zero-order valence-corrected chi connectivity index (χ0v) is 27.5. The zero-order valence-electron chi connectivity index (χ0n) is 27.5. The van der Waals surface area contributed by atoms with E-state index in [4.69, 9.17) is 14.2 Å². The molecule has 0 radical (unpaired) electrons. The number of amides is 2. The Labute approximate surface area is 270 Å². The van der Waals surface area contributed by atoms with Gasteiger partial charge < -0.3 is 28.6 Å². The van der Waals surface area contributed by atoms with E-state index in [2.05, 4.69) is 0 Å². The van der Waals surface area contributed by atoms with Crippen molar-refractivity contribution in [1.82, 2.24) is 9.47 Å². The number of aromatic nitrogens is 1. The molecule has 5 rings (SSSR count). The Hall–Kier alpha value is -5.05. The lowest BCUT2D eigenvalue weighted by Gasteiger charge is -2.31. The fraction of sp³-hybridized carbons (Fsp3) is 0.324. The SMILES string of the molecule is COC(=O)c1cc2c(cc1-c1cc(C(=O)N(C)c3ccc(OCc4ccccc4)cc3)c(C)n1C)CCN(C(=O)OC(C)(C)C)C2. The van der Waals surface area contributed by atoms with Crippen LogP contribution in [0.5, 0.6) is 5.75 Å². The second-order valence-corrected chi connectivity index (χ2v) is 12.5. The van der Waals surface area contributed by atoms with E-state index in [1.807, 2.05) is 106 Å². The molecule has 1 aromatic heterocycles. The molecule has 0 unspecified atom stereocenters. The minimum atomic E-state index is -0.605. The number of esters is 1. The molecule has 0 aliphatic carbocycles. The van der Waals surface area contributed by atoms with Crippen molar-refractivity contribution in [3.8, 4) is 17.0 Å². The highest BCUT2D eigenvalue weighted by atomic mass is 16.6. The van der Waals surface area contributed by atoms with Gasteiger partial charge in [0.05, 0.1) is 18.2 Å². The van der Waals surface area contributed by atoms with E-state index in [0.29, 0.717) is 48.6 Å². The van der Waals surface area contributed by atoms with E-state index in [-0.39, 0.29) is 12.0 Å². The van der Waals surface area contributed by atoms with Gasteiger partial charge in [0.25, 0.3) is 5.91 Å². The standard InChI is InChI=1S/C37H41N3O6/c1-24-30(34(41)39(6)28-13-15-29(16-14-28)45-23-25-11-9-8-10-12-25)21-33(38(24)5)31-19-26-17-18-40(36(43)46-37(2,3)4)22-27(26)20-32(31)35(42)44-7/h8-16,19-21H,17-18,22-23H2,1-7H3. The van der Waals surface area contributed by atoms with Crippen LogP contribution in [0.4, 0.5) is 10.5 Å². The topological polar surface area (TPSA) is 90.3 Å². The van der Waals surface area contributed by atoms with E-state index in [0.717, 1.165) is 33.8 Å². The van der Waals surface area contributed by atoms with Gasteiger partial charge in [-0.05, 0) is 93.3 Å². The van der Waals surface area contributed by atoms with Crippen molar-refractivity contribution in [1.29, 1.82) is 0 Å². The Balaban J connectivity index is 1.39.